The van der Waals surface area contributed by atoms with Crippen molar-refractivity contribution in [1.29, 1.82) is 0 Å². The molecule has 90 valence electrons. The first kappa shape index (κ1) is 12.7. The van der Waals surface area contributed by atoms with E-state index in [1.165, 1.54) is 0 Å². The lowest BCUT2D eigenvalue weighted by molar-refractivity contribution is -0.125. The molecule has 0 saturated heterocycles. The third-order valence-electron chi connectivity index (χ3n) is 2.45. The fourth-order valence-corrected chi connectivity index (χ4v) is 1.56. The lowest BCUT2D eigenvalue weighted by Crippen LogP contribution is -2.49. The Hall–Kier alpha value is -1.36. The summed E-state index contributed by atoms with van der Waals surface area (Å²) >= 11 is 0. The maximum atomic E-state index is 11.7. The van der Waals surface area contributed by atoms with Crippen molar-refractivity contribution in [3.63, 3.8) is 0 Å². The molecule has 1 amide bonds. The summed E-state index contributed by atoms with van der Waals surface area (Å²) in [6.07, 6.45) is 0. The Bertz CT molecular complexity index is 371. The SMILES string of the molecule is Cc1noc(C)c1C(C)NC(=O)C(C)(C)N. The van der Waals surface area contributed by atoms with Crippen molar-refractivity contribution in [1.82, 2.24) is 10.5 Å². The summed E-state index contributed by atoms with van der Waals surface area (Å²) in [5.41, 5.74) is 6.53. The van der Waals surface area contributed by atoms with E-state index in [4.69, 9.17) is 10.3 Å². The van der Waals surface area contributed by atoms with Gasteiger partial charge >= 0.3 is 0 Å². The quantitative estimate of drug-likeness (QED) is 0.810. The lowest BCUT2D eigenvalue weighted by Gasteiger charge is -2.21. The van der Waals surface area contributed by atoms with Crippen molar-refractivity contribution in [2.45, 2.75) is 46.2 Å². The zero-order chi connectivity index (χ0) is 12.5. The highest BCUT2D eigenvalue weighted by Crippen LogP contribution is 2.21. The molecule has 5 heteroatoms. The second kappa shape index (κ2) is 4.25. The van der Waals surface area contributed by atoms with Gasteiger partial charge in [-0.2, -0.15) is 0 Å². The molecule has 0 aliphatic carbocycles. The van der Waals surface area contributed by atoms with Gasteiger partial charge in [0.2, 0.25) is 5.91 Å². The van der Waals surface area contributed by atoms with Gasteiger partial charge in [0.1, 0.15) is 5.76 Å². The van der Waals surface area contributed by atoms with Crippen LogP contribution < -0.4 is 11.1 Å². The van der Waals surface area contributed by atoms with Crippen molar-refractivity contribution in [2.75, 3.05) is 0 Å². The average molecular weight is 225 g/mol. The monoisotopic (exact) mass is 225 g/mol. The van der Waals surface area contributed by atoms with Crippen molar-refractivity contribution in [3.05, 3.63) is 17.0 Å². The summed E-state index contributed by atoms with van der Waals surface area (Å²) in [6, 6.07) is -0.151. The van der Waals surface area contributed by atoms with Crippen molar-refractivity contribution in [3.8, 4) is 0 Å². The number of nitrogens with one attached hydrogen (secondary N) is 1. The van der Waals surface area contributed by atoms with E-state index < -0.39 is 5.54 Å². The van der Waals surface area contributed by atoms with Crippen LogP contribution in [-0.4, -0.2) is 16.6 Å². The minimum atomic E-state index is -0.882. The van der Waals surface area contributed by atoms with Gasteiger partial charge in [-0.3, -0.25) is 4.79 Å². The predicted octanol–water partition coefficient (Wildman–Crippen LogP) is 1.21. The summed E-state index contributed by atoms with van der Waals surface area (Å²) in [6.45, 7) is 8.90. The van der Waals surface area contributed by atoms with E-state index >= 15 is 0 Å². The predicted molar refractivity (Wildman–Crippen MR) is 60.8 cm³/mol. The van der Waals surface area contributed by atoms with Crippen LogP contribution in [-0.2, 0) is 4.79 Å². The number of nitrogens with two attached hydrogens (primary N) is 1. The molecular formula is C11H19N3O2. The highest BCUT2D eigenvalue weighted by atomic mass is 16.5. The lowest BCUT2D eigenvalue weighted by atomic mass is 10.0. The van der Waals surface area contributed by atoms with E-state index in [9.17, 15) is 4.79 Å². The van der Waals surface area contributed by atoms with E-state index in [2.05, 4.69) is 10.5 Å². The number of aromatic nitrogens is 1. The molecule has 0 spiro atoms. The number of hydrogen-bond acceptors (Lipinski definition) is 4. The number of hydrogen-bond donors (Lipinski definition) is 2. The summed E-state index contributed by atoms with van der Waals surface area (Å²) in [7, 11) is 0. The minimum Gasteiger partial charge on any atom is -0.361 e. The zero-order valence-electron chi connectivity index (χ0n) is 10.4. The van der Waals surface area contributed by atoms with Crippen molar-refractivity contribution in [2.24, 2.45) is 5.73 Å². The highest BCUT2D eigenvalue weighted by molar-refractivity contribution is 5.85. The maximum absolute atomic E-state index is 11.7. The van der Waals surface area contributed by atoms with E-state index in [0.29, 0.717) is 0 Å². The van der Waals surface area contributed by atoms with Crippen molar-refractivity contribution < 1.29 is 9.32 Å². The Labute approximate surface area is 95.4 Å². The molecule has 3 N–H and O–H groups in total. The molecule has 16 heavy (non-hydrogen) atoms. The van der Waals surface area contributed by atoms with Gasteiger partial charge in [-0.05, 0) is 34.6 Å². The van der Waals surface area contributed by atoms with Crippen LogP contribution in [0.15, 0.2) is 4.52 Å². The van der Waals surface area contributed by atoms with Gasteiger partial charge in [-0.1, -0.05) is 5.16 Å². The van der Waals surface area contributed by atoms with Crippen LogP contribution in [0.1, 0.15) is 43.8 Å². The fourth-order valence-electron chi connectivity index (χ4n) is 1.56. The first-order valence-corrected chi connectivity index (χ1v) is 5.26. The van der Waals surface area contributed by atoms with Crippen LogP contribution in [0.3, 0.4) is 0 Å². The molecule has 1 atom stereocenters. The molecule has 1 aromatic rings. The maximum Gasteiger partial charge on any atom is 0.239 e. The van der Waals surface area contributed by atoms with E-state index in [1.54, 1.807) is 13.8 Å². The second-order valence-corrected chi connectivity index (χ2v) is 4.65. The summed E-state index contributed by atoms with van der Waals surface area (Å²) in [5.74, 6) is 0.528. The highest BCUT2D eigenvalue weighted by Gasteiger charge is 2.25. The third-order valence-corrected chi connectivity index (χ3v) is 2.45. The van der Waals surface area contributed by atoms with Crippen LogP contribution in [0.2, 0.25) is 0 Å². The summed E-state index contributed by atoms with van der Waals surface area (Å²) < 4.78 is 5.05. The van der Waals surface area contributed by atoms with Crippen LogP contribution in [0.5, 0.6) is 0 Å². The Morgan fingerprint density at radius 1 is 1.50 bits per heavy atom. The largest absolute Gasteiger partial charge is 0.361 e. The average Bonchev–Trinajstić information content (AvgIpc) is 2.44. The molecule has 1 aromatic heterocycles. The normalized spacial score (nSPS) is 13.6. The van der Waals surface area contributed by atoms with E-state index in [1.807, 2.05) is 20.8 Å². The zero-order valence-corrected chi connectivity index (χ0v) is 10.4. The number of carbonyl (C=O) groups is 1. The molecule has 1 unspecified atom stereocenters. The number of nitrogens with zero attached hydrogens (tertiary/aromatic N) is 1. The standard InChI is InChI=1S/C11H19N3O2/c1-6(13-10(15)11(4,5)12)9-7(2)14-16-8(9)3/h6H,12H2,1-5H3,(H,13,15). The Morgan fingerprint density at radius 2 is 2.06 bits per heavy atom. The topological polar surface area (TPSA) is 81.2 Å². The molecule has 0 aliphatic rings. The van der Waals surface area contributed by atoms with Gasteiger partial charge in [0.05, 0.1) is 17.3 Å². The van der Waals surface area contributed by atoms with Crippen LogP contribution in [0.25, 0.3) is 0 Å². The second-order valence-electron chi connectivity index (χ2n) is 4.65. The van der Waals surface area contributed by atoms with Gasteiger partial charge < -0.3 is 15.6 Å². The molecule has 0 fully saturated rings. The Morgan fingerprint density at radius 3 is 2.44 bits per heavy atom. The minimum absolute atomic E-state index is 0.151. The first-order valence-electron chi connectivity index (χ1n) is 5.26. The number of carbonyl (C=O) groups excluding carboxylic acids is 1. The van der Waals surface area contributed by atoms with E-state index in [-0.39, 0.29) is 11.9 Å². The molecule has 1 rings (SSSR count). The Balaban J connectivity index is 2.81. The molecule has 1 heterocycles. The number of rotatable bonds is 3. The van der Waals surface area contributed by atoms with Gasteiger partial charge in [0.25, 0.3) is 0 Å². The molecule has 0 saturated carbocycles. The molecular weight excluding hydrogens is 206 g/mol. The van der Waals surface area contributed by atoms with Gasteiger partial charge in [0, 0.05) is 5.56 Å². The summed E-state index contributed by atoms with van der Waals surface area (Å²) in [5, 5.41) is 6.69. The summed E-state index contributed by atoms with van der Waals surface area (Å²) in [4.78, 5) is 11.7. The fraction of sp³-hybridized carbons (Fsp3) is 0.636. The Kier molecular flexibility index (Phi) is 3.38. The molecule has 0 aromatic carbocycles. The first-order chi connectivity index (χ1) is 7.23. The van der Waals surface area contributed by atoms with Gasteiger partial charge in [-0.25, -0.2) is 0 Å². The number of amides is 1. The molecule has 0 aliphatic heterocycles. The van der Waals surface area contributed by atoms with Crippen LogP contribution in [0.4, 0.5) is 0 Å². The van der Waals surface area contributed by atoms with Crippen LogP contribution >= 0.6 is 0 Å². The molecule has 0 radical (unpaired) electrons. The van der Waals surface area contributed by atoms with Gasteiger partial charge in [-0.15, -0.1) is 0 Å². The van der Waals surface area contributed by atoms with Gasteiger partial charge in [0.15, 0.2) is 0 Å². The smallest absolute Gasteiger partial charge is 0.239 e. The van der Waals surface area contributed by atoms with E-state index in [0.717, 1.165) is 17.0 Å². The molecule has 5 nitrogen and oxygen atoms in total. The van der Waals surface area contributed by atoms with Crippen LogP contribution in [0, 0.1) is 13.8 Å². The number of aryl methyl sites for hydroxylation is 2. The van der Waals surface area contributed by atoms with Crippen molar-refractivity contribution >= 4 is 5.91 Å². The molecule has 0 bridgehead atoms. The third kappa shape index (κ3) is 2.61.